The molecule has 2 aliphatic carbocycles. The molecule has 2 saturated carbocycles. The lowest BCUT2D eigenvalue weighted by molar-refractivity contribution is 0.0896. The van der Waals surface area contributed by atoms with Gasteiger partial charge in [-0.3, -0.25) is 4.90 Å². The summed E-state index contributed by atoms with van der Waals surface area (Å²) in [4.78, 5) is 2.88. The van der Waals surface area contributed by atoms with Gasteiger partial charge >= 0.3 is 0 Å². The SMILES string of the molecule is CCCN(C1CCCC(C)CC1)C1CCC(N)CC1. The van der Waals surface area contributed by atoms with Gasteiger partial charge in [-0.05, 0) is 63.8 Å². The lowest BCUT2D eigenvalue weighted by atomic mass is 9.89. The van der Waals surface area contributed by atoms with Crippen LogP contribution in [-0.2, 0) is 0 Å². The fourth-order valence-electron chi connectivity index (χ4n) is 4.15. The first-order valence-corrected chi connectivity index (χ1v) is 8.72. The van der Waals surface area contributed by atoms with Crippen LogP contribution in [0.25, 0.3) is 0 Å². The summed E-state index contributed by atoms with van der Waals surface area (Å²) in [6.45, 7) is 6.08. The first-order valence-electron chi connectivity index (χ1n) is 8.72. The zero-order valence-corrected chi connectivity index (χ0v) is 13.1. The lowest BCUT2D eigenvalue weighted by Gasteiger charge is -2.41. The molecule has 2 rings (SSSR count). The van der Waals surface area contributed by atoms with E-state index < -0.39 is 0 Å². The highest BCUT2D eigenvalue weighted by Crippen LogP contribution is 2.31. The maximum absolute atomic E-state index is 6.07. The van der Waals surface area contributed by atoms with E-state index in [0.29, 0.717) is 6.04 Å². The molecule has 112 valence electrons. The van der Waals surface area contributed by atoms with E-state index in [4.69, 9.17) is 5.73 Å². The summed E-state index contributed by atoms with van der Waals surface area (Å²) in [5, 5.41) is 0. The smallest absolute Gasteiger partial charge is 0.00993 e. The minimum absolute atomic E-state index is 0.480. The van der Waals surface area contributed by atoms with Crippen LogP contribution in [0.5, 0.6) is 0 Å². The summed E-state index contributed by atoms with van der Waals surface area (Å²) in [6, 6.07) is 2.18. The van der Waals surface area contributed by atoms with Crippen molar-refractivity contribution in [3.8, 4) is 0 Å². The van der Waals surface area contributed by atoms with Gasteiger partial charge < -0.3 is 5.73 Å². The maximum atomic E-state index is 6.07. The van der Waals surface area contributed by atoms with E-state index in [1.54, 1.807) is 0 Å². The Morgan fingerprint density at radius 1 is 0.895 bits per heavy atom. The van der Waals surface area contributed by atoms with Gasteiger partial charge in [-0.15, -0.1) is 0 Å². The Hall–Kier alpha value is -0.0800. The molecule has 2 N–H and O–H groups in total. The molecule has 2 heteroatoms. The summed E-state index contributed by atoms with van der Waals surface area (Å²) in [7, 11) is 0. The Balaban J connectivity index is 1.94. The topological polar surface area (TPSA) is 29.3 Å². The molecule has 0 bridgehead atoms. The van der Waals surface area contributed by atoms with E-state index in [1.807, 2.05) is 0 Å². The van der Waals surface area contributed by atoms with Crippen LogP contribution in [0.15, 0.2) is 0 Å². The van der Waals surface area contributed by atoms with E-state index in [9.17, 15) is 0 Å². The second-order valence-electron chi connectivity index (χ2n) is 7.07. The third-order valence-electron chi connectivity index (χ3n) is 5.39. The van der Waals surface area contributed by atoms with Crippen molar-refractivity contribution in [2.24, 2.45) is 11.7 Å². The van der Waals surface area contributed by atoms with Gasteiger partial charge in [0.1, 0.15) is 0 Å². The second-order valence-corrected chi connectivity index (χ2v) is 7.07. The zero-order chi connectivity index (χ0) is 13.7. The summed E-state index contributed by atoms with van der Waals surface area (Å²) >= 11 is 0. The largest absolute Gasteiger partial charge is 0.328 e. The van der Waals surface area contributed by atoms with Crippen LogP contribution in [0.3, 0.4) is 0 Å². The van der Waals surface area contributed by atoms with Crippen molar-refractivity contribution in [3.05, 3.63) is 0 Å². The molecule has 2 fully saturated rings. The molecule has 0 spiro atoms. The quantitative estimate of drug-likeness (QED) is 0.781. The molecule has 0 heterocycles. The Morgan fingerprint density at radius 3 is 2.21 bits per heavy atom. The zero-order valence-electron chi connectivity index (χ0n) is 13.1. The van der Waals surface area contributed by atoms with E-state index >= 15 is 0 Å². The Morgan fingerprint density at radius 2 is 1.53 bits per heavy atom. The fourth-order valence-corrected chi connectivity index (χ4v) is 4.15. The van der Waals surface area contributed by atoms with Crippen molar-refractivity contribution in [1.82, 2.24) is 4.90 Å². The summed E-state index contributed by atoms with van der Waals surface area (Å²) in [5.41, 5.74) is 6.07. The molecular formula is C17H34N2. The molecule has 0 aromatic rings. The van der Waals surface area contributed by atoms with Crippen LogP contribution in [0.1, 0.15) is 78.1 Å². The molecule has 0 aliphatic heterocycles. The first-order chi connectivity index (χ1) is 9.20. The molecule has 2 nitrogen and oxygen atoms in total. The van der Waals surface area contributed by atoms with Crippen molar-refractivity contribution >= 4 is 0 Å². The predicted octanol–water partition coefficient (Wildman–Crippen LogP) is 3.94. The molecular weight excluding hydrogens is 232 g/mol. The fraction of sp³-hybridized carbons (Fsp3) is 1.00. The van der Waals surface area contributed by atoms with Crippen molar-refractivity contribution in [1.29, 1.82) is 0 Å². The van der Waals surface area contributed by atoms with Gasteiger partial charge in [-0.2, -0.15) is 0 Å². The van der Waals surface area contributed by atoms with Crippen LogP contribution in [0, 0.1) is 5.92 Å². The minimum Gasteiger partial charge on any atom is -0.328 e. The Labute approximate surface area is 120 Å². The van der Waals surface area contributed by atoms with Crippen LogP contribution in [0.2, 0.25) is 0 Å². The van der Waals surface area contributed by atoms with Crippen molar-refractivity contribution < 1.29 is 0 Å². The Bertz CT molecular complexity index is 246. The summed E-state index contributed by atoms with van der Waals surface area (Å²) in [6.07, 6.45) is 13.7. The first kappa shape index (κ1) is 15.3. The summed E-state index contributed by atoms with van der Waals surface area (Å²) in [5.74, 6) is 0.952. The number of hydrogen-bond acceptors (Lipinski definition) is 2. The highest BCUT2D eigenvalue weighted by molar-refractivity contribution is 4.86. The van der Waals surface area contributed by atoms with Crippen LogP contribution in [0.4, 0.5) is 0 Å². The third-order valence-corrected chi connectivity index (χ3v) is 5.39. The summed E-state index contributed by atoms with van der Waals surface area (Å²) < 4.78 is 0. The van der Waals surface area contributed by atoms with Gasteiger partial charge in [0.15, 0.2) is 0 Å². The lowest BCUT2D eigenvalue weighted by Crippen LogP contribution is -2.46. The number of rotatable bonds is 4. The van der Waals surface area contributed by atoms with Crippen molar-refractivity contribution in [3.63, 3.8) is 0 Å². The van der Waals surface area contributed by atoms with Crippen molar-refractivity contribution in [2.75, 3.05) is 6.54 Å². The van der Waals surface area contributed by atoms with E-state index in [-0.39, 0.29) is 0 Å². The van der Waals surface area contributed by atoms with Gasteiger partial charge in [-0.1, -0.05) is 26.7 Å². The van der Waals surface area contributed by atoms with Crippen LogP contribution in [-0.4, -0.2) is 29.6 Å². The molecule has 0 radical (unpaired) electrons. The molecule has 2 aliphatic rings. The molecule has 19 heavy (non-hydrogen) atoms. The Kier molecular flexibility index (Phi) is 6.15. The van der Waals surface area contributed by atoms with E-state index in [0.717, 1.165) is 18.0 Å². The molecule has 0 saturated heterocycles. The van der Waals surface area contributed by atoms with E-state index in [1.165, 1.54) is 70.8 Å². The molecule has 2 atom stereocenters. The maximum Gasteiger partial charge on any atom is 0.00993 e. The highest BCUT2D eigenvalue weighted by atomic mass is 15.2. The number of nitrogens with two attached hydrogens (primary N) is 1. The van der Waals surface area contributed by atoms with Crippen LogP contribution >= 0.6 is 0 Å². The minimum atomic E-state index is 0.480. The van der Waals surface area contributed by atoms with E-state index in [2.05, 4.69) is 18.7 Å². The highest BCUT2D eigenvalue weighted by Gasteiger charge is 2.29. The average Bonchev–Trinajstić information content (AvgIpc) is 2.62. The molecule has 0 aromatic carbocycles. The molecule has 2 unspecified atom stereocenters. The number of hydrogen-bond donors (Lipinski definition) is 1. The standard InChI is InChI=1S/C17H34N2/c1-3-13-19(17-11-8-15(18)9-12-17)16-6-4-5-14(2)7-10-16/h14-17H,3-13,18H2,1-2H3. The second kappa shape index (κ2) is 7.64. The predicted molar refractivity (Wildman–Crippen MR) is 83.3 cm³/mol. The third kappa shape index (κ3) is 4.46. The average molecular weight is 266 g/mol. The normalized spacial score (nSPS) is 37.3. The van der Waals surface area contributed by atoms with Gasteiger partial charge in [0.05, 0.1) is 0 Å². The van der Waals surface area contributed by atoms with Gasteiger partial charge in [0.25, 0.3) is 0 Å². The van der Waals surface area contributed by atoms with Gasteiger partial charge in [0.2, 0.25) is 0 Å². The van der Waals surface area contributed by atoms with Gasteiger partial charge in [0, 0.05) is 18.1 Å². The van der Waals surface area contributed by atoms with Crippen LogP contribution < -0.4 is 5.73 Å². The molecule has 0 aromatic heterocycles. The van der Waals surface area contributed by atoms with Gasteiger partial charge in [-0.25, -0.2) is 0 Å². The molecule has 0 amide bonds. The number of nitrogens with zero attached hydrogens (tertiary/aromatic N) is 1. The van der Waals surface area contributed by atoms with Crippen molar-refractivity contribution in [2.45, 2.75) is 96.2 Å². The monoisotopic (exact) mass is 266 g/mol.